The highest BCUT2D eigenvalue weighted by atomic mass is 32.2. The van der Waals surface area contributed by atoms with Crippen LogP contribution in [0.5, 0.6) is 5.75 Å². The first-order valence-electron chi connectivity index (χ1n) is 7.96. The lowest BCUT2D eigenvalue weighted by Gasteiger charge is -2.21. The number of hydrogen-bond donors (Lipinski definition) is 0. The summed E-state index contributed by atoms with van der Waals surface area (Å²) in [5.74, 6) is 2.01. The van der Waals surface area contributed by atoms with Gasteiger partial charge < -0.3 is 4.74 Å². The Kier molecular flexibility index (Phi) is 7.78. The minimum Gasteiger partial charge on any atom is -0.497 e. The maximum Gasteiger partial charge on any atom is 0.118 e. The van der Waals surface area contributed by atoms with Crippen molar-refractivity contribution in [3.63, 3.8) is 0 Å². The smallest absolute Gasteiger partial charge is 0.118 e. The lowest BCUT2D eigenvalue weighted by molar-refractivity contribution is 0.313. The molecule has 0 aliphatic rings. The summed E-state index contributed by atoms with van der Waals surface area (Å²) in [6, 6.07) is 18.9. The molecule has 0 aliphatic carbocycles. The van der Waals surface area contributed by atoms with Crippen molar-refractivity contribution >= 4 is 11.8 Å². The molecule has 0 amide bonds. The third-order valence-electron chi connectivity index (χ3n) is 3.58. The fourth-order valence-corrected chi connectivity index (χ4v) is 3.22. The number of allylic oxidation sites excluding steroid dienone is 1. The zero-order valence-corrected chi connectivity index (χ0v) is 14.8. The second kappa shape index (κ2) is 10.1. The summed E-state index contributed by atoms with van der Waals surface area (Å²) < 4.78 is 5.22. The van der Waals surface area contributed by atoms with Crippen molar-refractivity contribution in [1.29, 1.82) is 0 Å². The van der Waals surface area contributed by atoms with Crippen LogP contribution in [0.2, 0.25) is 0 Å². The molecule has 0 aromatic heterocycles. The van der Waals surface area contributed by atoms with E-state index in [-0.39, 0.29) is 0 Å². The molecule has 3 heteroatoms. The zero-order chi connectivity index (χ0) is 16.3. The molecule has 2 rings (SSSR count). The average molecular weight is 327 g/mol. The predicted molar refractivity (Wildman–Crippen MR) is 100 cm³/mol. The van der Waals surface area contributed by atoms with Gasteiger partial charge in [0.05, 0.1) is 7.11 Å². The number of nitrogens with zero attached hydrogens (tertiary/aromatic N) is 1. The molecule has 0 saturated carbocycles. The van der Waals surface area contributed by atoms with E-state index < -0.39 is 0 Å². The quantitative estimate of drug-likeness (QED) is 0.482. The minimum atomic E-state index is 0.911. The van der Waals surface area contributed by atoms with Crippen molar-refractivity contribution < 1.29 is 4.74 Å². The zero-order valence-electron chi connectivity index (χ0n) is 13.9. The Hall–Kier alpha value is -1.71. The second-order valence-electron chi connectivity index (χ2n) is 5.31. The van der Waals surface area contributed by atoms with Gasteiger partial charge in [0, 0.05) is 30.3 Å². The van der Waals surface area contributed by atoms with Gasteiger partial charge in [-0.3, -0.25) is 4.90 Å². The molecule has 0 bridgehead atoms. The third-order valence-corrected chi connectivity index (χ3v) is 4.58. The van der Waals surface area contributed by atoms with Gasteiger partial charge in [0.15, 0.2) is 0 Å². The van der Waals surface area contributed by atoms with Crippen LogP contribution < -0.4 is 4.74 Å². The summed E-state index contributed by atoms with van der Waals surface area (Å²) >= 11 is 1.91. The topological polar surface area (TPSA) is 12.5 Å². The van der Waals surface area contributed by atoms with Crippen LogP contribution in [-0.4, -0.2) is 30.9 Å². The Morgan fingerprint density at radius 3 is 2.43 bits per heavy atom. The van der Waals surface area contributed by atoms with Gasteiger partial charge >= 0.3 is 0 Å². The lowest BCUT2D eigenvalue weighted by Crippen LogP contribution is -2.26. The van der Waals surface area contributed by atoms with Crippen molar-refractivity contribution in [1.82, 2.24) is 4.90 Å². The van der Waals surface area contributed by atoms with Crippen LogP contribution in [0.15, 0.2) is 71.6 Å². The van der Waals surface area contributed by atoms with Crippen LogP contribution in [0.25, 0.3) is 0 Å². The van der Waals surface area contributed by atoms with Gasteiger partial charge in [-0.05, 0) is 36.8 Å². The molecule has 23 heavy (non-hydrogen) atoms. The van der Waals surface area contributed by atoms with Crippen LogP contribution in [0, 0.1) is 0 Å². The molecular formula is C20H25NOS. The summed E-state index contributed by atoms with van der Waals surface area (Å²) in [5.41, 5.74) is 1.32. The maximum absolute atomic E-state index is 5.22. The van der Waals surface area contributed by atoms with E-state index in [2.05, 4.69) is 66.4 Å². The van der Waals surface area contributed by atoms with Gasteiger partial charge in [-0.25, -0.2) is 0 Å². The normalized spacial score (nSPS) is 11.3. The molecule has 0 spiro atoms. The molecule has 0 aliphatic heterocycles. The molecular weight excluding hydrogens is 302 g/mol. The van der Waals surface area contributed by atoms with Crippen molar-refractivity contribution in [2.45, 2.75) is 18.4 Å². The SMILES string of the molecule is C/C=C/CN(CCSc1ccccc1)Cc1ccc(OC)cc1. The molecule has 0 N–H and O–H groups in total. The highest BCUT2D eigenvalue weighted by molar-refractivity contribution is 7.99. The highest BCUT2D eigenvalue weighted by Gasteiger charge is 2.05. The van der Waals surface area contributed by atoms with Crippen molar-refractivity contribution in [2.24, 2.45) is 0 Å². The first-order chi connectivity index (χ1) is 11.3. The van der Waals surface area contributed by atoms with Crippen LogP contribution in [0.1, 0.15) is 12.5 Å². The standard InChI is InChI=1S/C20H25NOS/c1-3-4-14-21(15-16-23-20-8-6-5-7-9-20)17-18-10-12-19(22-2)13-11-18/h3-13H,14-17H2,1-2H3/b4-3+. The molecule has 0 heterocycles. The fourth-order valence-electron chi connectivity index (χ4n) is 2.29. The van der Waals surface area contributed by atoms with Gasteiger partial charge in [0.1, 0.15) is 5.75 Å². The average Bonchev–Trinajstić information content (AvgIpc) is 2.61. The Bertz CT molecular complexity index is 580. The first-order valence-corrected chi connectivity index (χ1v) is 8.94. The van der Waals surface area contributed by atoms with Gasteiger partial charge in [0.25, 0.3) is 0 Å². The number of ether oxygens (including phenoxy) is 1. The number of hydrogen-bond acceptors (Lipinski definition) is 3. The van der Waals surface area contributed by atoms with E-state index in [1.54, 1.807) is 7.11 Å². The van der Waals surface area contributed by atoms with E-state index in [0.717, 1.165) is 31.1 Å². The molecule has 0 unspecified atom stereocenters. The van der Waals surface area contributed by atoms with Crippen LogP contribution >= 0.6 is 11.8 Å². The molecule has 2 aromatic rings. The summed E-state index contributed by atoms with van der Waals surface area (Å²) in [6.45, 7) is 5.09. The molecule has 2 aromatic carbocycles. The fraction of sp³-hybridized carbons (Fsp3) is 0.300. The van der Waals surface area contributed by atoms with E-state index in [4.69, 9.17) is 4.74 Å². The van der Waals surface area contributed by atoms with Gasteiger partial charge in [-0.15, -0.1) is 11.8 Å². The number of methoxy groups -OCH3 is 1. The molecule has 2 nitrogen and oxygen atoms in total. The molecule has 0 fully saturated rings. The number of thioether (sulfide) groups is 1. The van der Waals surface area contributed by atoms with Gasteiger partial charge in [0.2, 0.25) is 0 Å². The van der Waals surface area contributed by atoms with Gasteiger partial charge in [-0.1, -0.05) is 42.5 Å². The van der Waals surface area contributed by atoms with E-state index in [1.165, 1.54) is 10.5 Å². The minimum absolute atomic E-state index is 0.911. The molecule has 122 valence electrons. The largest absolute Gasteiger partial charge is 0.497 e. The summed E-state index contributed by atoms with van der Waals surface area (Å²) in [7, 11) is 1.70. The van der Waals surface area contributed by atoms with Crippen molar-refractivity contribution in [3.8, 4) is 5.75 Å². The van der Waals surface area contributed by atoms with E-state index in [0.29, 0.717) is 0 Å². The Morgan fingerprint density at radius 2 is 1.78 bits per heavy atom. The monoisotopic (exact) mass is 327 g/mol. The third kappa shape index (κ3) is 6.51. The molecule has 0 saturated heterocycles. The highest BCUT2D eigenvalue weighted by Crippen LogP contribution is 2.18. The van der Waals surface area contributed by atoms with Crippen LogP contribution in [0.3, 0.4) is 0 Å². The van der Waals surface area contributed by atoms with Gasteiger partial charge in [-0.2, -0.15) is 0 Å². The Morgan fingerprint density at radius 1 is 1.04 bits per heavy atom. The van der Waals surface area contributed by atoms with E-state index >= 15 is 0 Å². The Balaban J connectivity index is 1.87. The van der Waals surface area contributed by atoms with Crippen molar-refractivity contribution in [2.75, 3.05) is 26.0 Å². The van der Waals surface area contributed by atoms with E-state index in [1.807, 2.05) is 23.9 Å². The second-order valence-corrected chi connectivity index (χ2v) is 6.48. The van der Waals surface area contributed by atoms with E-state index in [9.17, 15) is 0 Å². The Labute approximate surface area is 144 Å². The van der Waals surface area contributed by atoms with Crippen LogP contribution in [-0.2, 0) is 6.54 Å². The predicted octanol–water partition coefficient (Wildman–Crippen LogP) is 4.87. The number of benzene rings is 2. The summed E-state index contributed by atoms with van der Waals surface area (Å²) in [6.07, 6.45) is 4.34. The van der Waals surface area contributed by atoms with Crippen molar-refractivity contribution in [3.05, 3.63) is 72.3 Å². The summed E-state index contributed by atoms with van der Waals surface area (Å²) in [5, 5.41) is 0. The van der Waals surface area contributed by atoms with Crippen LogP contribution in [0.4, 0.5) is 0 Å². The maximum atomic E-state index is 5.22. The first kappa shape index (κ1) is 17.6. The lowest BCUT2D eigenvalue weighted by atomic mass is 10.2. The molecule has 0 radical (unpaired) electrons. The summed E-state index contributed by atoms with van der Waals surface area (Å²) in [4.78, 5) is 3.81. The molecule has 0 atom stereocenters. The number of rotatable bonds is 9.